The lowest BCUT2D eigenvalue weighted by Gasteiger charge is -2.05. The maximum atomic E-state index is 10.8. The zero-order valence-electron chi connectivity index (χ0n) is 9.37. The normalized spacial score (nSPS) is 10.2. The van der Waals surface area contributed by atoms with E-state index in [1.54, 1.807) is 12.3 Å². The number of nitrogens with two attached hydrogens (primary N) is 1. The summed E-state index contributed by atoms with van der Waals surface area (Å²) in [7, 11) is 0. The molecule has 3 N–H and O–H groups in total. The minimum absolute atomic E-state index is 0.110. The van der Waals surface area contributed by atoms with E-state index in [1.165, 1.54) is 6.33 Å². The number of anilines is 2. The lowest BCUT2D eigenvalue weighted by Crippen LogP contribution is -2.10. The van der Waals surface area contributed by atoms with Crippen molar-refractivity contribution < 1.29 is 9.34 Å². The maximum Gasteiger partial charge on any atom is 0.352 e. The van der Waals surface area contributed by atoms with E-state index >= 15 is 0 Å². The molecule has 8 nitrogen and oxygen atoms in total. The first-order valence-corrected chi connectivity index (χ1v) is 5.19. The van der Waals surface area contributed by atoms with Gasteiger partial charge in [0.25, 0.3) is 0 Å². The molecule has 0 amide bonds. The molecule has 0 radical (unpaired) electrons. The number of hydrogen-bond donors (Lipinski definition) is 2. The van der Waals surface area contributed by atoms with E-state index in [4.69, 9.17) is 10.2 Å². The van der Waals surface area contributed by atoms with Gasteiger partial charge in [-0.05, 0) is 12.1 Å². The third-order valence-corrected chi connectivity index (χ3v) is 2.28. The van der Waals surface area contributed by atoms with Crippen molar-refractivity contribution in [1.29, 1.82) is 0 Å². The van der Waals surface area contributed by atoms with Crippen molar-refractivity contribution in [1.82, 2.24) is 9.97 Å². The van der Waals surface area contributed by atoms with Gasteiger partial charge in [0, 0.05) is 13.0 Å². The van der Waals surface area contributed by atoms with Crippen molar-refractivity contribution in [3.8, 4) is 0 Å². The average molecular weight is 249 g/mol. The molecule has 94 valence electrons. The monoisotopic (exact) mass is 249 g/mol. The molecule has 18 heavy (non-hydrogen) atoms. The van der Waals surface area contributed by atoms with Crippen LogP contribution in [0, 0.1) is 10.1 Å². The van der Waals surface area contributed by atoms with E-state index in [-0.39, 0.29) is 17.3 Å². The van der Waals surface area contributed by atoms with E-state index in [9.17, 15) is 10.1 Å². The molecule has 0 spiro atoms. The standard InChI is InChI=1S/C10H11N5O3/c11-9-8(15(16)17)10(14-6-13-9)12-4-3-7-2-1-5-18-7/h1-2,5-6H,3-4H2,(H3,11,12,13,14). The molecule has 0 unspecified atom stereocenters. The summed E-state index contributed by atoms with van der Waals surface area (Å²) >= 11 is 0. The molecule has 0 fully saturated rings. The van der Waals surface area contributed by atoms with E-state index in [2.05, 4.69) is 15.3 Å². The number of nitrogens with one attached hydrogen (secondary N) is 1. The molecular formula is C10H11N5O3. The Balaban J connectivity index is 2.05. The van der Waals surface area contributed by atoms with Crippen LogP contribution in [0.1, 0.15) is 5.76 Å². The highest BCUT2D eigenvalue weighted by Gasteiger charge is 2.20. The van der Waals surface area contributed by atoms with Crippen molar-refractivity contribution in [2.75, 3.05) is 17.6 Å². The molecule has 0 aliphatic rings. The summed E-state index contributed by atoms with van der Waals surface area (Å²) in [4.78, 5) is 17.6. The summed E-state index contributed by atoms with van der Waals surface area (Å²) in [5, 5.41) is 13.7. The summed E-state index contributed by atoms with van der Waals surface area (Å²) < 4.78 is 5.14. The third kappa shape index (κ3) is 2.54. The molecule has 0 bridgehead atoms. The fraction of sp³-hybridized carbons (Fsp3) is 0.200. The highest BCUT2D eigenvalue weighted by Crippen LogP contribution is 2.25. The molecular weight excluding hydrogens is 238 g/mol. The Bertz CT molecular complexity index is 540. The molecule has 2 aromatic heterocycles. The second-order valence-corrected chi connectivity index (χ2v) is 3.47. The van der Waals surface area contributed by atoms with Gasteiger partial charge in [-0.2, -0.15) is 0 Å². The summed E-state index contributed by atoms with van der Waals surface area (Å²) in [5.41, 5.74) is 5.13. The third-order valence-electron chi connectivity index (χ3n) is 2.28. The van der Waals surface area contributed by atoms with Crippen LogP contribution in [0.15, 0.2) is 29.1 Å². The smallest absolute Gasteiger partial charge is 0.352 e. The number of nitrogens with zero attached hydrogens (tertiary/aromatic N) is 3. The second-order valence-electron chi connectivity index (χ2n) is 3.47. The van der Waals surface area contributed by atoms with Gasteiger partial charge in [0.05, 0.1) is 11.2 Å². The van der Waals surface area contributed by atoms with Crippen LogP contribution in [0.4, 0.5) is 17.3 Å². The summed E-state index contributed by atoms with van der Waals surface area (Å²) in [5.74, 6) is 0.738. The van der Waals surface area contributed by atoms with Crippen molar-refractivity contribution in [3.05, 3.63) is 40.6 Å². The van der Waals surface area contributed by atoms with Gasteiger partial charge < -0.3 is 15.5 Å². The topological polar surface area (TPSA) is 120 Å². The number of aromatic nitrogens is 2. The number of furan rings is 1. The Morgan fingerprint density at radius 2 is 2.33 bits per heavy atom. The van der Waals surface area contributed by atoms with Crippen LogP contribution in [0.25, 0.3) is 0 Å². The van der Waals surface area contributed by atoms with Gasteiger partial charge in [0.15, 0.2) is 0 Å². The van der Waals surface area contributed by atoms with E-state index in [1.807, 2.05) is 6.07 Å². The Hall–Kier alpha value is -2.64. The highest BCUT2D eigenvalue weighted by molar-refractivity contribution is 5.67. The van der Waals surface area contributed by atoms with Gasteiger partial charge in [0.1, 0.15) is 12.1 Å². The number of nitrogen functional groups attached to an aromatic ring is 1. The zero-order valence-corrected chi connectivity index (χ0v) is 9.37. The van der Waals surface area contributed by atoms with Gasteiger partial charge in [-0.3, -0.25) is 10.1 Å². The maximum absolute atomic E-state index is 10.8. The molecule has 0 saturated carbocycles. The van der Waals surface area contributed by atoms with Gasteiger partial charge in [-0.1, -0.05) is 0 Å². The van der Waals surface area contributed by atoms with Crippen LogP contribution in [0.3, 0.4) is 0 Å². The summed E-state index contributed by atoms with van der Waals surface area (Å²) in [6, 6.07) is 3.60. The van der Waals surface area contributed by atoms with Gasteiger partial charge in [-0.25, -0.2) is 9.97 Å². The van der Waals surface area contributed by atoms with Crippen LogP contribution in [0.5, 0.6) is 0 Å². The SMILES string of the molecule is Nc1ncnc(NCCc2ccco2)c1[N+](=O)[O-]. The van der Waals surface area contributed by atoms with Gasteiger partial charge >= 0.3 is 5.69 Å². The van der Waals surface area contributed by atoms with Crippen LogP contribution in [-0.2, 0) is 6.42 Å². The van der Waals surface area contributed by atoms with Crippen LogP contribution >= 0.6 is 0 Å². The number of rotatable bonds is 5. The van der Waals surface area contributed by atoms with Crippen LogP contribution in [-0.4, -0.2) is 21.4 Å². The minimum atomic E-state index is -0.607. The van der Waals surface area contributed by atoms with Crippen molar-refractivity contribution >= 4 is 17.3 Å². The zero-order chi connectivity index (χ0) is 13.0. The van der Waals surface area contributed by atoms with Crippen LogP contribution in [0.2, 0.25) is 0 Å². The minimum Gasteiger partial charge on any atom is -0.469 e. The lowest BCUT2D eigenvalue weighted by molar-refractivity contribution is -0.383. The Morgan fingerprint density at radius 3 is 3.00 bits per heavy atom. The quantitative estimate of drug-likeness (QED) is 0.603. The Labute approximate surface area is 102 Å². The van der Waals surface area contributed by atoms with Crippen LogP contribution < -0.4 is 11.1 Å². The van der Waals surface area contributed by atoms with Crippen molar-refractivity contribution in [3.63, 3.8) is 0 Å². The van der Waals surface area contributed by atoms with Crippen molar-refractivity contribution in [2.45, 2.75) is 6.42 Å². The second kappa shape index (κ2) is 5.13. The average Bonchev–Trinajstić information content (AvgIpc) is 2.81. The Morgan fingerprint density at radius 1 is 1.50 bits per heavy atom. The molecule has 0 aromatic carbocycles. The van der Waals surface area contributed by atoms with Crippen molar-refractivity contribution in [2.24, 2.45) is 0 Å². The lowest BCUT2D eigenvalue weighted by atomic mass is 10.3. The van der Waals surface area contributed by atoms with Gasteiger partial charge in [0.2, 0.25) is 11.6 Å². The predicted octanol–water partition coefficient (Wildman–Crippen LogP) is 1.21. The molecule has 0 aliphatic carbocycles. The molecule has 0 aliphatic heterocycles. The Kier molecular flexibility index (Phi) is 3.37. The first kappa shape index (κ1) is 11.8. The largest absolute Gasteiger partial charge is 0.469 e. The molecule has 0 saturated heterocycles. The predicted molar refractivity (Wildman–Crippen MR) is 64.0 cm³/mol. The fourth-order valence-corrected chi connectivity index (χ4v) is 1.46. The first-order chi connectivity index (χ1) is 8.68. The molecule has 2 rings (SSSR count). The first-order valence-electron chi connectivity index (χ1n) is 5.19. The summed E-state index contributed by atoms with van der Waals surface area (Å²) in [6.45, 7) is 0.449. The highest BCUT2D eigenvalue weighted by atomic mass is 16.6. The fourth-order valence-electron chi connectivity index (χ4n) is 1.46. The summed E-state index contributed by atoms with van der Waals surface area (Å²) in [6.07, 6.45) is 3.34. The number of nitro groups is 1. The van der Waals surface area contributed by atoms with Gasteiger partial charge in [-0.15, -0.1) is 0 Å². The van der Waals surface area contributed by atoms with E-state index < -0.39 is 4.92 Å². The number of hydrogen-bond acceptors (Lipinski definition) is 7. The molecule has 2 heterocycles. The van der Waals surface area contributed by atoms with E-state index in [0.29, 0.717) is 13.0 Å². The molecule has 0 atom stereocenters. The molecule has 8 heteroatoms. The van der Waals surface area contributed by atoms with E-state index in [0.717, 1.165) is 5.76 Å². The molecule has 2 aromatic rings.